The maximum absolute atomic E-state index is 6.45. The zero-order chi connectivity index (χ0) is 14.8. The fraction of sp³-hybridized carbons (Fsp3) is 1.00. The van der Waals surface area contributed by atoms with Gasteiger partial charge in [-0.15, -0.1) is 0 Å². The Morgan fingerprint density at radius 3 is 2.71 bits per heavy atom. The maximum atomic E-state index is 6.45. The third kappa shape index (κ3) is 3.80. The first-order valence-corrected chi connectivity index (χ1v) is 9.35. The Hall–Kier alpha value is -0.120. The minimum absolute atomic E-state index is 0.449. The molecule has 0 amide bonds. The molecule has 3 rings (SSSR count). The number of hydrogen-bond acceptors (Lipinski definition) is 3. The molecule has 3 heteroatoms. The van der Waals surface area contributed by atoms with E-state index in [0.29, 0.717) is 6.04 Å². The highest BCUT2D eigenvalue weighted by molar-refractivity contribution is 4.89. The smallest absolute Gasteiger partial charge is 0.0223 e. The SMILES string of the molecule is CC(C)C1CCC(N)C(CN2CCN3CCCCC3C2)C1. The highest BCUT2D eigenvalue weighted by Crippen LogP contribution is 2.34. The van der Waals surface area contributed by atoms with Crippen molar-refractivity contribution in [1.29, 1.82) is 0 Å². The molecule has 3 fully saturated rings. The van der Waals surface area contributed by atoms with Gasteiger partial charge in [-0.25, -0.2) is 0 Å². The normalized spacial score (nSPS) is 39.4. The molecule has 122 valence electrons. The van der Waals surface area contributed by atoms with E-state index in [0.717, 1.165) is 23.8 Å². The zero-order valence-corrected chi connectivity index (χ0v) is 14.1. The lowest BCUT2D eigenvalue weighted by atomic mass is 9.73. The van der Waals surface area contributed by atoms with Gasteiger partial charge in [-0.2, -0.15) is 0 Å². The summed E-state index contributed by atoms with van der Waals surface area (Å²) >= 11 is 0. The minimum atomic E-state index is 0.449. The van der Waals surface area contributed by atoms with Crippen LogP contribution in [-0.4, -0.2) is 54.6 Å². The molecule has 2 N–H and O–H groups in total. The lowest BCUT2D eigenvalue weighted by Crippen LogP contribution is -2.56. The van der Waals surface area contributed by atoms with Crippen LogP contribution in [0.1, 0.15) is 52.4 Å². The average Bonchev–Trinajstić information content (AvgIpc) is 2.49. The quantitative estimate of drug-likeness (QED) is 0.868. The van der Waals surface area contributed by atoms with Crippen LogP contribution in [0.25, 0.3) is 0 Å². The van der Waals surface area contributed by atoms with Crippen LogP contribution < -0.4 is 5.73 Å². The fourth-order valence-corrected chi connectivity index (χ4v) is 4.86. The van der Waals surface area contributed by atoms with Crippen LogP contribution >= 0.6 is 0 Å². The number of rotatable bonds is 3. The summed E-state index contributed by atoms with van der Waals surface area (Å²) in [6, 6.07) is 1.29. The van der Waals surface area contributed by atoms with E-state index in [2.05, 4.69) is 23.6 Å². The summed E-state index contributed by atoms with van der Waals surface area (Å²) in [6.45, 7) is 11.2. The molecule has 4 unspecified atom stereocenters. The van der Waals surface area contributed by atoms with E-state index in [1.807, 2.05) is 0 Å². The topological polar surface area (TPSA) is 32.5 Å². The third-order valence-electron chi connectivity index (χ3n) is 6.44. The molecule has 2 heterocycles. The van der Waals surface area contributed by atoms with Gasteiger partial charge in [-0.3, -0.25) is 4.90 Å². The van der Waals surface area contributed by atoms with E-state index >= 15 is 0 Å². The molecule has 2 saturated heterocycles. The molecular formula is C18H35N3. The van der Waals surface area contributed by atoms with Gasteiger partial charge in [-0.05, 0) is 56.4 Å². The first-order chi connectivity index (χ1) is 10.1. The molecule has 1 aliphatic carbocycles. The molecule has 0 aromatic carbocycles. The summed E-state index contributed by atoms with van der Waals surface area (Å²) in [5.74, 6) is 2.47. The van der Waals surface area contributed by atoms with Crippen LogP contribution in [0, 0.1) is 17.8 Å². The summed E-state index contributed by atoms with van der Waals surface area (Å²) in [5, 5.41) is 0. The molecule has 0 bridgehead atoms. The Morgan fingerprint density at radius 1 is 1.05 bits per heavy atom. The van der Waals surface area contributed by atoms with Crippen molar-refractivity contribution < 1.29 is 0 Å². The van der Waals surface area contributed by atoms with Gasteiger partial charge >= 0.3 is 0 Å². The second kappa shape index (κ2) is 6.97. The number of fused-ring (bicyclic) bond motifs is 1. The monoisotopic (exact) mass is 293 g/mol. The van der Waals surface area contributed by atoms with Gasteiger partial charge in [0.15, 0.2) is 0 Å². The number of nitrogens with two attached hydrogens (primary N) is 1. The summed E-state index contributed by atoms with van der Waals surface area (Å²) in [6.07, 6.45) is 8.24. The van der Waals surface area contributed by atoms with Crippen molar-refractivity contribution in [2.24, 2.45) is 23.5 Å². The number of hydrogen-bond donors (Lipinski definition) is 1. The van der Waals surface area contributed by atoms with E-state index in [-0.39, 0.29) is 0 Å². The molecule has 2 aliphatic heterocycles. The molecule has 0 aromatic heterocycles. The Balaban J connectivity index is 1.53. The lowest BCUT2D eigenvalue weighted by Gasteiger charge is -2.46. The molecule has 0 spiro atoms. The predicted octanol–water partition coefficient (Wildman–Crippen LogP) is 2.56. The van der Waals surface area contributed by atoms with Gasteiger partial charge in [-0.1, -0.05) is 20.3 Å². The first kappa shape index (κ1) is 15.8. The number of piperazine rings is 1. The van der Waals surface area contributed by atoms with Crippen LogP contribution in [-0.2, 0) is 0 Å². The van der Waals surface area contributed by atoms with Crippen molar-refractivity contribution >= 4 is 0 Å². The molecule has 3 nitrogen and oxygen atoms in total. The van der Waals surface area contributed by atoms with Crippen LogP contribution in [0.3, 0.4) is 0 Å². The van der Waals surface area contributed by atoms with E-state index in [1.54, 1.807) is 0 Å². The van der Waals surface area contributed by atoms with Gasteiger partial charge in [0, 0.05) is 38.3 Å². The highest BCUT2D eigenvalue weighted by atomic mass is 15.3. The standard InChI is InChI=1S/C18H35N3/c1-14(2)15-6-7-18(19)16(11-15)12-20-9-10-21-8-4-3-5-17(21)13-20/h14-18H,3-13,19H2,1-2H3. The van der Waals surface area contributed by atoms with Crippen LogP contribution in [0.15, 0.2) is 0 Å². The molecule has 21 heavy (non-hydrogen) atoms. The van der Waals surface area contributed by atoms with Crippen LogP contribution in [0.5, 0.6) is 0 Å². The Labute approximate surface area is 131 Å². The Kier molecular flexibility index (Phi) is 5.23. The maximum Gasteiger partial charge on any atom is 0.0223 e. The van der Waals surface area contributed by atoms with Crippen LogP contribution in [0.4, 0.5) is 0 Å². The zero-order valence-electron chi connectivity index (χ0n) is 14.1. The van der Waals surface area contributed by atoms with Gasteiger partial charge < -0.3 is 10.6 Å². The van der Waals surface area contributed by atoms with Crippen molar-refractivity contribution in [1.82, 2.24) is 9.80 Å². The van der Waals surface area contributed by atoms with E-state index < -0.39 is 0 Å². The number of piperidine rings is 1. The predicted molar refractivity (Wildman–Crippen MR) is 89.3 cm³/mol. The molecule has 0 aromatic rings. The first-order valence-electron chi connectivity index (χ1n) is 9.35. The van der Waals surface area contributed by atoms with Crippen molar-refractivity contribution in [2.75, 3.05) is 32.7 Å². The second-order valence-corrected chi connectivity index (χ2v) is 8.19. The van der Waals surface area contributed by atoms with E-state index in [1.165, 1.54) is 71.2 Å². The Bertz CT molecular complexity index is 330. The third-order valence-corrected chi connectivity index (χ3v) is 6.44. The summed E-state index contributed by atoms with van der Waals surface area (Å²) in [5.41, 5.74) is 6.45. The number of nitrogens with zero attached hydrogens (tertiary/aromatic N) is 2. The van der Waals surface area contributed by atoms with Gasteiger partial charge in [0.1, 0.15) is 0 Å². The summed E-state index contributed by atoms with van der Waals surface area (Å²) in [4.78, 5) is 5.47. The van der Waals surface area contributed by atoms with E-state index in [9.17, 15) is 0 Å². The van der Waals surface area contributed by atoms with Gasteiger partial charge in [0.2, 0.25) is 0 Å². The molecular weight excluding hydrogens is 258 g/mol. The molecule has 4 atom stereocenters. The summed E-state index contributed by atoms with van der Waals surface area (Å²) in [7, 11) is 0. The highest BCUT2D eigenvalue weighted by Gasteiger charge is 2.34. The second-order valence-electron chi connectivity index (χ2n) is 8.19. The van der Waals surface area contributed by atoms with Crippen molar-refractivity contribution in [3.05, 3.63) is 0 Å². The fourth-order valence-electron chi connectivity index (χ4n) is 4.86. The molecule has 0 radical (unpaired) electrons. The summed E-state index contributed by atoms with van der Waals surface area (Å²) < 4.78 is 0. The van der Waals surface area contributed by atoms with Crippen molar-refractivity contribution in [2.45, 2.75) is 64.5 Å². The minimum Gasteiger partial charge on any atom is -0.327 e. The van der Waals surface area contributed by atoms with Crippen molar-refractivity contribution in [3.8, 4) is 0 Å². The Morgan fingerprint density at radius 2 is 1.90 bits per heavy atom. The molecule has 3 aliphatic rings. The lowest BCUT2D eigenvalue weighted by molar-refractivity contribution is 0.0317. The van der Waals surface area contributed by atoms with Gasteiger partial charge in [0.25, 0.3) is 0 Å². The largest absolute Gasteiger partial charge is 0.327 e. The van der Waals surface area contributed by atoms with Crippen LogP contribution in [0.2, 0.25) is 0 Å². The van der Waals surface area contributed by atoms with Gasteiger partial charge in [0.05, 0.1) is 0 Å². The van der Waals surface area contributed by atoms with E-state index in [4.69, 9.17) is 5.73 Å². The average molecular weight is 293 g/mol. The molecule has 1 saturated carbocycles. The van der Waals surface area contributed by atoms with Crippen molar-refractivity contribution in [3.63, 3.8) is 0 Å².